The highest BCUT2D eigenvalue weighted by Gasteiger charge is 2.04. The summed E-state index contributed by atoms with van der Waals surface area (Å²) in [6.07, 6.45) is 0. The quantitative estimate of drug-likeness (QED) is 0.643. The van der Waals surface area contributed by atoms with Crippen molar-refractivity contribution in [3.8, 4) is 0 Å². The van der Waals surface area contributed by atoms with Gasteiger partial charge >= 0.3 is 5.97 Å². The maximum absolute atomic E-state index is 11.3. The molecule has 104 valence electrons. The molecule has 0 saturated heterocycles. The van der Waals surface area contributed by atoms with Gasteiger partial charge in [-0.25, -0.2) is 4.79 Å². The minimum Gasteiger partial charge on any atom is -0.465 e. The summed E-state index contributed by atoms with van der Waals surface area (Å²) < 4.78 is 5.92. The fraction of sp³-hybridized carbons (Fsp3) is 0.188. The van der Waals surface area contributed by atoms with Gasteiger partial charge in [0.2, 0.25) is 0 Å². The SMILES string of the molecule is COC(=O)c1ccc(CNc2ccc(C)c(I)c2)cc1. The van der Waals surface area contributed by atoms with Gasteiger partial charge in [0.25, 0.3) is 0 Å². The molecule has 2 rings (SSSR count). The largest absolute Gasteiger partial charge is 0.465 e. The molecular weight excluding hydrogens is 365 g/mol. The molecule has 2 aromatic carbocycles. The van der Waals surface area contributed by atoms with Crippen LogP contribution in [-0.2, 0) is 11.3 Å². The summed E-state index contributed by atoms with van der Waals surface area (Å²) in [5.74, 6) is -0.308. The number of nitrogens with one attached hydrogen (secondary N) is 1. The van der Waals surface area contributed by atoms with E-state index >= 15 is 0 Å². The molecule has 0 bridgehead atoms. The lowest BCUT2D eigenvalue weighted by Crippen LogP contribution is -2.03. The van der Waals surface area contributed by atoms with Gasteiger partial charge in [-0.3, -0.25) is 0 Å². The Balaban J connectivity index is 2.00. The number of rotatable bonds is 4. The van der Waals surface area contributed by atoms with Crippen molar-refractivity contribution in [3.05, 3.63) is 62.7 Å². The molecule has 3 nitrogen and oxygen atoms in total. The van der Waals surface area contributed by atoms with E-state index in [9.17, 15) is 4.79 Å². The molecule has 0 saturated carbocycles. The second-order valence-electron chi connectivity index (χ2n) is 4.51. The van der Waals surface area contributed by atoms with Crippen LogP contribution in [-0.4, -0.2) is 13.1 Å². The number of benzene rings is 2. The molecule has 4 heteroatoms. The van der Waals surface area contributed by atoms with E-state index in [1.807, 2.05) is 12.1 Å². The first-order chi connectivity index (χ1) is 9.60. The third-order valence-corrected chi connectivity index (χ3v) is 4.21. The fourth-order valence-electron chi connectivity index (χ4n) is 1.78. The molecule has 0 aromatic heterocycles. The Morgan fingerprint density at radius 3 is 2.50 bits per heavy atom. The van der Waals surface area contributed by atoms with Crippen LogP contribution in [0.15, 0.2) is 42.5 Å². The van der Waals surface area contributed by atoms with Crippen LogP contribution in [0.1, 0.15) is 21.5 Å². The molecule has 0 fully saturated rings. The summed E-state index contributed by atoms with van der Waals surface area (Å²) in [7, 11) is 1.39. The molecule has 0 spiro atoms. The lowest BCUT2D eigenvalue weighted by atomic mass is 10.1. The number of aryl methyl sites for hydroxylation is 1. The fourth-order valence-corrected chi connectivity index (χ4v) is 2.30. The number of carbonyl (C=O) groups is 1. The molecule has 0 atom stereocenters. The van der Waals surface area contributed by atoms with Gasteiger partial charge in [0.15, 0.2) is 0 Å². The Kier molecular flexibility index (Phi) is 5.00. The molecule has 20 heavy (non-hydrogen) atoms. The lowest BCUT2D eigenvalue weighted by Gasteiger charge is -2.08. The highest BCUT2D eigenvalue weighted by molar-refractivity contribution is 14.1. The standard InChI is InChI=1S/C16H16INO2/c1-11-3-8-14(9-15(11)17)18-10-12-4-6-13(7-5-12)16(19)20-2/h3-9,18H,10H2,1-2H3. The highest BCUT2D eigenvalue weighted by atomic mass is 127. The average Bonchev–Trinajstić information content (AvgIpc) is 2.48. The molecule has 2 aromatic rings. The zero-order valence-electron chi connectivity index (χ0n) is 11.4. The molecule has 1 N–H and O–H groups in total. The second-order valence-corrected chi connectivity index (χ2v) is 5.67. The van der Waals surface area contributed by atoms with Gasteiger partial charge < -0.3 is 10.1 Å². The Morgan fingerprint density at radius 1 is 1.20 bits per heavy atom. The van der Waals surface area contributed by atoms with Crippen LogP contribution < -0.4 is 5.32 Å². The van der Waals surface area contributed by atoms with E-state index in [1.54, 1.807) is 12.1 Å². The van der Waals surface area contributed by atoms with Crippen LogP contribution in [0, 0.1) is 10.5 Å². The summed E-state index contributed by atoms with van der Waals surface area (Å²) in [5.41, 5.74) is 4.06. The summed E-state index contributed by atoms with van der Waals surface area (Å²) >= 11 is 2.33. The van der Waals surface area contributed by atoms with E-state index in [0.717, 1.165) is 17.8 Å². The monoisotopic (exact) mass is 381 g/mol. The van der Waals surface area contributed by atoms with Gasteiger partial charge in [-0.2, -0.15) is 0 Å². The molecule has 0 radical (unpaired) electrons. The number of halogens is 1. The third-order valence-electron chi connectivity index (χ3n) is 3.04. The number of esters is 1. The maximum atomic E-state index is 11.3. The van der Waals surface area contributed by atoms with Gasteiger partial charge in [-0.15, -0.1) is 0 Å². The predicted molar refractivity (Wildman–Crippen MR) is 89.0 cm³/mol. The van der Waals surface area contributed by atoms with Gasteiger partial charge in [0.05, 0.1) is 12.7 Å². The van der Waals surface area contributed by atoms with Crippen molar-refractivity contribution in [1.29, 1.82) is 0 Å². The number of hydrogen-bond acceptors (Lipinski definition) is 3. The Labute approximate surface area is 132 Å². The van der Waals surface area contributed by atoms with E-state index in [-0.39, 0.29) is 5.97 Å². The second kappa shape index (κ2) is 6.74. The number of hydrogen-bond donors (Lipinski definition) is 1. The Morgan fingerprint density at radius 2 is 1.90 bits per heavy atom. The third kappa shape index (κ3) is 3.72. The van der Waals surface area contributed by atoms with Crippen molar-refractivity contribution in [2.24, 2.45) is 0 Å². The average molecular weight is 381 g/mol. The van der Waals surface area contributed by atoms with Crippen molar-refractivity contribution < 1.29 is 9.53 Å². The van der Waals surface area contributed by atoms with Crippen molar-refractivity contribution in [2.75, 3.05) is 12.4 Å². The molecule has 0 aliphatic carbocycles. The molecule has 0 heterocycles. The van der Waals surface area contributed by atoms with Gasteiger partial charge in [0, 0.05) is 15.8 Å². The number of carbonyl (C=O) groups excluding carboxylic acids is 1. The van der Waals surface area contributed by atoms with Gasteiger partial charge in [-0.1, -0.05) is 18.2 Å². The van der Waals surface area contributed by atoms with Crippen molar-refractivity contribution in [1.82, 2.24) is 0 Å². The van der Waals surface area contributed by atoms with Gasteiger partial charge in [0.1, 0.15) is 0 Å². The van der Waals surface area contributed by atoms with Crippen LogP contribution in [0.25, 0.3) is 0 Å². The first kappa shape index (κ1) is 14.8. The summed E-state index contributed by atoms with van der Waals surface area (Å²) in [6, 6.07) is 13.7. The Bertz CT molecular complexity index is 608. The minimum atomic E-state index is -0.308. The van der Waals surface area contributed by atoms with Crippen LogP contribution in [0.5, 0.6) is 0 Å². The summed E-state index contributed by atoms with van der Waals surface area (Å²) in [5, 5.41) is 3.37. The van der Waals surface area contributed by atoms with E-state index in [4.69, 9.17) is 0 Å². The number of anilines is 1. The van der Waals surface area contributed by atoms with E-state index < -0.39 is 0 Å². The number of methoxy groups -OCH3 is 1. The summed E-state index contributed by atoms with van der Waals surface area (Å²) in [6.45, 7) is 2.82. The molecule has 0 aliphatic heterocycles. The van der Waals surface area contributed by atoms with Gasteiger partial charge in [-0.05, 0) is 64.9 Å². The van der Waals surface area contributed by atoms with E-state index in [1.165, 1.54) is 16.2 Å². The molecule has 0 unspecified atom stereocenters. The minimum absolute atomic E-state index is 0.308. The Hall–Kier alpha value is -1.56. The summed E-state index contributed by atoms with van der Waals surface area (Å²) in [4.78, 5) is 11.3. The molecular formula is C16H16INO2. The van der Waals surface area contributed by atoms with Crippen LogP contribution in [0.3, 0.4) is 0 Å². The van der Waals surface area contributed by atoms with Crippen molar-refractivity contribution in [2.45, 2.75) is 13.5 Å². The normalized spacial score (nSPS) is 10.2. The maximum Gasteiger partial charge on any atom is 0.337 e. The van der Waals surface area contributed by atoms with Crippen LogP contribution in [0.2, 0.25) is 0 Å². The zero-order chi connectivity index (χ0) is 14.5. The van der Waals surface area contributed by atoms with Crippen molar-refractivity contribution >= 4 is 34.2 Å². The number of ether oxygens (including phenoxy) is 1. The van der Waals surface area contributed by atoms with Crippen LogP contribution >= 0.6 is 22.6 Å². The van der Waals surface area contributed by atoms with E-state index in [2.05, 4.69) is 57.8 Å². The molecule has 0 aliphatic rings. The van der Waals surface area contributed by atoms with E-state index in [0.29, 0.717) is 5.56 Å². The highest BCUT2D eigenvalue weighted by Crippen LogP contribution is 2.18. The predicted octanol–water partition coefficient (Wildman–Crippen LogP) is 4.00. The first-order valence-corrected chi connectivity index (χ1v) is 7.35. The topological polar surface area (TPSA) is 38.3 Å². The van der Waals surface area contributed by atoms with Crippen LogP contribution in [0.4, 0.5) is 5.69 Å². The van der Waals surface area contributed by atoms with Crippen molar-refractivity contribution in [3.63, 3.8) is 0 Å². The lowest BCUT2D eigenvalue weighted by molar-refractivity contribution is 0.0600. The first-order valence-electron chi connectivity index (χ1n) is 6.27. The zero-order valence-corrected chi connectivity index (χ0v) is 13.6. The molecule has 0 amide bonds. The smallest absolute Gasteiger partial charge is 0.337 e.